The third-order valence-corrected chi connectivity index (χ3v) is 5.24. The quantitative estimate of drug-likeness (QED) is 0.203. The zero-order chi connectivity index (χ0) is 19.9. The SMILES string of the molecule is NNc1ccc(-c2cccc(C(=O)NCCSc3ccc(Cl)cc3)c2)nc1N. The zero-order valence-electron chi connectivity index (χ0n) is 15.0. The van der Waals surface area contributed by atoms with Gasteiger partial charge in [0, 0.05) is 33.3 Å². The van der Waals surface area contributed by atoms with Crippen LogP contribution in [-0.4, -0.2) is 23.2 Å². The molecule has 0 aliphatic rings. The van der Waals surface area contributed by atoms with Gasteiger partial charge in [-0.1, -0.05) is 23.7 Å². The average Bonchev–Trinajstić information content (AvgIpc) is 2.72. The predicted octanol–water partition coefficient (Wildman–Crippen LogP) is 3.79. The van der Waals surface area contributed by atoms with Gasteiger partial charge in [0.25, 0.3) is 5.91 Å². The fourth-order valence-electron chi connectivity index (χ4n) is 2.54. The number of nitrogen functional groups attached to an aromatic ring is 2. The number of nitrogens with one attached hydrogen (secondary N) is 2. The van der Waals surface area contributed by atoms with E-state index in [4.69, 9.17) is 23.2 Å². The summed E-state index contributed by atoms with van der Waals surface area (Å²) in [6.45, 7) is 0.554. The van der Waals surface area contributed by atoms with E-state index in [0.717, 1.165) is 16.2 Å². The first-order valence-corrected chi connectivity index (χ1v) is 9.93. The number of halogens is 1. The number of hydrogen-bond donors (Lipinski definition) is 4. The van der Waals surface area contributed by atoms with E-state index in [9.17, 15) is 4.79 Å². The minimum absolute atomic E-state index is 0.133. The van der Waals surface area contributed by atoms with Crippen molar-refractivity contribution in [2.45, 2.75) is 4.90 Å². The molecular weight excluding hydrogens is 394 g/mol. The van der Waals surface area contributed by atoms with Crippen LogP contribution in [-0.2, 0) is 0 Å². The van der Waals surface area contributed by atoms with Gasteiger partial charge in [-0.25, -0.2) is 4.98 Å². The number of hydrogen-bond acceptors (Lipinski definition) is 6. The van der Waals surface area contributed by atoms with E-state index in [1.54, 1.807) is 36.0 Å². The molecular formula is C20H20ClN5OS. The van der Waals surface area contributed by atoms with Gasteiger partial charge in [0.15, 0.2) is 0 Å². The minimum Gasteiger partial charge on any atom is -0.382 e. The van der Waals surface area contributed by atoms with Crippen LogP contribution in [0.3, 0.4) is 0 Å². The van der Waals surface area contributed by atoms with E-state index in [1.165, 1.54) is 0 Å². The summed E-state index contributed by atoms with van der Waals surface area (Å²) in [6.07, 6.45) is 0. The van der Waals surface area contributed by atoms with Crippen LogP contribution in [0.15, 0.2) is 65.6 Å². The highest BCUT2D eigenvalue weighted by Crippen LogP contribution is 2.23. The Morgan fingerprint density at radius 2 is 1.89 bits per heavy atom. The molecule has 0 radical (unpaired) electrons. The van der Waals surface area contributed by atoms with Gasteiger partial charge in [0.05, 0.1) is 11.4 Å². The van der Waals surface area contributed by atoms with Gasteiger partial charge >= 0.3 is 0 Å². The number of amides is 1. The number of rotatable bonds is 7. The molecule has 1 aromatic heterocycles. The van der Waals surface area contributed by atoms with Crippen LogP contribution in [0.1, 0.15) is 10.4 Å². The highest BCUT2D eigenvalue weighted by molar-refractivity contribution is 7.99. The lowest BCUT2D eigenvalue weighted by Crippen LogP contribution is -2.25. The lowest BCUT2D eigenvalue weighted by molar-refractivity contribution is 0.0956. The standard InChI is InChI=1S/C20H20ClN5OS/c21-15-4-6-16(7-5-15)28-11-10-24-20(27)14-3-1-2-13(12-14)17-8-9-18(26-23)19(22)25-17/h1-9,12,26H,10-11,23H2,(H2,22,25)(H,24,27). The van der Waals surface area contributed by atoms with Crippen LogP contribution in [0.4, 0.5) is 11.5 Å². The number of thioether (sulfide) groups is 1. The molecule has 0 bridgehead atoms. The number of benzene rings is 2. The number of nitrogens with two attached hydrogens (primary N) is 2. The van der Waals surface area contributed by atoms with Crippen LogP contribution < -0.4 is 22.3 Å². The number of aromatic nitrogens is 1. The lowest BCUT2D eigenvalue weighted by atomic mass is 10.1. The molecule has 0 unspecified atom stereocenters. The molecule has 144 valence electrons. The lowest BCUT2D eigenvalue weighted by Gasteiger charge is -2.09. The summed E-state index contributed by atoms with van der Waals surface area (Å²) in [5.41, 5.74) is 10.9. The Morgan fingerprint density at radius 3 is 2.61 bits per heavy atom. The molecule has 6 N–H and O–H groups in total. The molecule has 0 spiro atoms. The molecule has 8 heteroatoms. The second-order valence-corrected chi connectivity index (χ2v) is 7.52. The van der Waals surface area contributed by atoms with Crippen molar-refractivity contribution >= 4 is 40.8 Å². The van der Waals surface area contributed by atoms with Crippen LogP contribution in [0, 0.1) is 0 Å². The molecule has 28 heavy (non-hydrogen) atoms. The van der Waals surface area contributed by atoms with Gasteiger partial charge in [-0.15, -0.1) is 11.8 Å². The van der Waals surface area contributed by atoms with Crippen LogP contribution in [0.2, 0.25) is 5.02 Å². The molecule has 2 aromatic carbocycles. The first kappa shape index (κ1) is 20.0. The molecule has 3 rings (SSSR count). The molecule has 1 heterocycles. The highest BCUT2D eigenvalue weighted by atomic mass is 35.5. The Bertz CT molecular complexity index is 965. The Balaban J connectivity index is 1.59. The second-order valence-electron chi connectivity index (χ2n) is 5.91. The van der Waals surface area contributed by atoms with E-state index in [2.05, 4.69) is 15.7 Å². The predicted molar refractivity (Wildman–Crippen MR) is 116 cm³/mol. The molecule has 0 aliphatic carbocycles. The van der Waals surface area contributed by atoms with E-state index in [-0.39, 0.29) is 5.91 Å². The highest BCUT2D eigenvalue weighted by Gasteiger charge is 2.09. The first-order valence-electron chi connectivity index (χ1n) is 8.57. The summed E-state index contributed by atoms with van der Waals surface area (Å²) >= 11 is 7.53. The van der Waals surface area contributed by atoms with Gasteiger partial charge in [-0.2, -0.15) is 0 Å². The van der Waals surface area contributed by atoms with Crippen molar-refractivity contribution in [1.29, 1.82) is 0 Å². The minimum atomic E-state index is -0.133. The van der Waals surface area contributed by atoms with Crippen molar-refractivity contribution < 1.29 is 4.79 Å². The van der Waals surface area contributed by atoms with E-state index in [0.29, 0.717) is 34.3 Å². The van der Waals surface area contributed by atoms with Crippen molar-refractivity contribution in [3.05, 3.63) is 71.2 Å². The number of hydrazine groups is 1. The van der Waals surface area contributed by atoms with Gasteiger partial charge in [0.2, 0.25) is 0 Å². The summed E-state index contributed by atoms with van der Waals surface area (Å²) < 4.78 is 0. The third kappa shape index (κ3) is 5.16. The maximum atomic E-state index is 12.4. The average molecular weight is 414 g/mol. The van der Waals surface area contributed by atoms with Crippen molar-refractivity contribution in [2.75, 3.05) is 23.5 Å². The second kappa shape index (κ2) is 9.45. The molecule has 0 atom stereocenters. The maximum absolute atomic E-state index is 12.4. The Hall–Kier alpha value is -2.74. The fraction of sp³-hybridized carbons (Fsp3) is 0.100. The maximum Gasteiger partial charge on any atom is 0.251 e. The molecule has 0 aliphatic heterocycles. The van der Waals surface area contributed by atoms with Gasteiger partial charge < -0.3 is 16.5 Å². The molecule has 6 nitrogen and oxygen atoms in total. The van der Waals surface area contributed by atoms with E-state index in [1.807, 2.05) is 36.4 Å². The fourth-order valence-corrected chi connectivity index (χ4v) is 3.44. The molecule has 1 amide bonds. The normalized spacial score (nSPS) is 10.5. The molecule has 0 fully saturated rings. The van der Waals surface area contributed by atoms with Gasteiger partial charge in [0.1, 0.15) is 5.82 Å². The van der Waals surface area contributed by atoms with Crippen LogP contribution >= 0.6 is 23.4 Å². The smallest absolute Gasteiger partial charge is 0.251 e. The van der Waals surface area contributed by atoms with Crippen LogP contribution in [0.5, 0.6) is 0 Å². The first-order chi connectivity index (χ1) is 13.6. The molecule has 3 aromatic rings. The summed E-state index contributed by atoms with van der Waals surface area (Å²) in [5.74, 6) is 6.30. The Labute approximate surface area is 172 Å². The topological polar surface area (TPSA) is 106 Å². The van der Waals surface area contributed by atoms with E-state index >= 15 is 0 Å². The molecule has 0 saturated carbocycles. The Kier molecular flexibility index (Phi) is 6.76. The molecule has 0 saturated heterocycles. The number of pyridine rings is 1. The van der Waals surface area contributed by atoms with Gasteiger partial charge in [-0.05, 0) is 48.5 Å². The summed E-state index contributed by atoms with van der Waals surface area (Å²) in [5, 5.41) is 3.64. The van der Waals surface area contributed by atoms with Gasteiger partial charge in [-0.3, -0.25) is 10.6 Å². The Morgan fingerprint density at radius 1 is 1.11 bits per heavy atom. The third-order valence-electron chi connectivity index (χ3n) is 3.97. The van der Waals surface area contributed by atoms with Crippen molar-refractivity contribution in [3.63, 3.8) is 0 Å². The summed E-state index contributed by atoms with van der Waals surface area (Å²) in [6, 6.07) is 18.4. The van der Waals surface area contributed by atoms with E-state index < -0.39 is 0 Å². The summed E-state index contributed by atoms with van der Waals surface area (Å²) in [7, 11) is 0. The zero-order valence-corrected chi connectivity index (χ0v) is 16.6. The van der Waals surface area contributed by atoms with Crippen molar-refractivity contribution in [2.24, 2.45) is 5.84 Å². The number of nitrogens with zero attached hydrogens (tertiary/aromatic N) is 1. The van der Waals surface area contributed by atoms with Crippen molar-refractivity contribution in [1.82, 2.24) is 10.3 Å². The summed E-state index contributed by atoms with van der Waals surface area (Å²) in [4.78, 5) is 17.9. The monoisotopic (exact) mass is 413 g/mol. The van der Waals surface area contributed by atoms with Crippen molar-refractivity contribution in [3.8, 4) is 11.3 Å². The number of carbonyl (C=O) groups excluding carboxylic acids is 1. The number of anilines is 2. The number of carbonyl (C=O) groups is 1. The van der Waals surface area contributed by atoms with Crippen LogP contribution in [0.25, 0.3) is 11.3 Å². The largest absolute Gasteiger partial charge is 0.382 e.